The van der Waals surface area contributed by atoms with Crippen molar-refractivity contribution in [1.29, 1.82) is 0 Å². The largest absolute Gasteiger partial charge is 0.508 e. The summed E-state index contributed by atoms with van der Waals surface area (Å²) in [6, 6.07) is 20.4. The molecule has 0 radical (unpaired) electrons. The lowest BCUT2D eigenvalue weighted by atomic mass is 9.89. The van der Waals surface area contributed by atoms with E-state index in [-0.39, 0.29) is 5.75 Å². The van der Waals surface area contributed by atoms with Gasteiger partial charge in [0, 0.05) is 24.0 Å². The third-order valence-electron chi connectivity index (χ3n) is 5.83. The van der Waals surface area contributed by atoms with Crippen LogP contribution in [0, 0.1) is 0 Å². The quantitative estimate of drug-likeness (QED) is 0.483. The van der Waals surface area contributed by atoms with Crippen LogP contribution >= 0.6 is 0 Å². The van der Waals surface area contributed by atoms with Crippen molar-refractivity contribution in [1.82, 2.24) is 9.88 Å². The molecular formula is C25H24N2O. The van der Waals surface area contributed by atoms with E-state index < -0.39 is 0 Å². The smallest absolute Gasteiger partial charge is 0.115 e. The number of pyridine rings is 1. The monoisotopic (exact) mass is 368 g/mol. The van der Waals surface area contributed by atoms with Crippen LogP contribution in [0.4, 0.5) is 0 Å². The van der Waals surface area contributed by atoms with Crippen LogP contribution in [0.3, 0.4) is 0 Å². The van der Waals surface area contributed by atoms with E-state index in [0.29, 0.717) is 0 Å². The van der Waals surface area contributed by atoms with Crippen LogP contribution in [0.5, 0.6) is 5.75 Å². The van der Waals surface area contributed by atoms with Gasteiger partial charge in [-0.15, -0.1) is 0 Å². The highest BCUT2D eigenvalue weighted by Gasteiger charge is 2.24. The Hall–Kier alpha value is -2.91. The number of benzene rings is 3. The molecule has 3 nitrogen and oxygen atoms in total. The summed E-state index contributed by atoms with van der Waals surface area (Å²) in [6.07, 6.45) is 2.21. The fraction of sp³-hybridized carbons (Fsp3) is 0.240. The maximum atomic E-state index is 9.72. The van der Waals surface area contributed by atoms with Gasteiger partial charge in [-0.2, -0.15) is 0 Å². The van der Waals surface area contributed by atoms with Crippen LogP contribution in [0.25, 0.3) is 32.9 Å². The van der Waals surface area contributed by atoms with Gasteiger partial charge in [0.15, 0.2) is 0 Å². The van der Waals surface area contributed by atoms with E-state index in [0.717, 1.165) is 49.2 Å². The molecule has 28 heavy (non-hydrogen) atoms. The minimum Gasteiger partial charge on any atom is -0.508 e. The Kier molecular flexibility index (Phi) is 4.25. The summed E-state index contributed by atoms with van der Waals surface area (Å²) in [4.78, 5) is 7.66. The molecule has 1 N–H and O–H groups in total. The second-order valence-electron chi connectivity index (χ2n) is 7.67. The second-order valence-corrected chi connectivity index (χ2v) is 7.67. The Labute approximate surface area is 165 Å². The zero-order valence-electron chi connectivity index (χ0n) is 16.2. The first kappa shape index (κ1) is 17.2. The Bertz CT molecular complexity index is 1160. The number of fused-ring (bicyclic) bond motifs is 5. The predicted octanol–water partition coefficient (Wildman–Crippen LogP) is 5.53. The summed E-state index contributed by atoms with van der Waals surface area (Å²) in [5.41, 5.74) is 5.97. The molecule has 0 spiro atoms. The van der Waals surface area contributed by atoms with Gasteiger partial charge >= 0.3 is 0 Å². The van der Waals surface area contributed by atoms with Gasteiger partial charge in [0.05, 0.1) is 11.2 Å². The first-order valence-corrected chi connectivity index (χ1v) is 10.1. The SMILES string of the molecule is CCCN1CCc2c(c(-c3ccc(O)cc3)nc3ccc4ccccc4c23)C1. The van der Waals surface area contributed by atoms with Gasteiger partial charge in [-0.1, -0.05) is 37.3 Å². The van der Waals surface area contributed by atoms with Crippen molar-refractivity contribution in [2.24, 2.45) is 0 Å². The first-order chi connectivity index (χ1) is 13.7. The first-order valence-electron chi connectivity index (χ1n) is 10.1. The molecular weight excluding hydrogens is 344 g/mol. The number of phenolic OH excluding ortho intramolecular Hbond substituents is 1. The van der Waals surface area contributed by atoms with Gasteiger partial charge in [0.1, 0.15) is 5.75 Å². The summed E-state index contributed by atoms with van der Waals surface area (Å²) in [5, 5.41) is 13.6. The van der Waals surface area contributed by atoms with Gasteiger partial charge in [-0.3, -0.25) is 4.90 Å². The van der Waals surface area contributed by atoms with Crippen LogP contribution < -0.4 is 0 Å². The zero-order chi connectivity index (χ0) is 19.1. The average molecular weight is 368 g/mol. The van der Waals surface area contributed by atoms with Crippen molar-refractivity contribution in [3.05, 3.63) is 71.8 Å². The van der Waals surface area contributed by atoms with Crippen LogP contribution in [-0.4, -0.2) is 28.1 Å². The van der Waals surface area contributed by atoms with Gasteiger partial charge < -0.3 is 5.11 Å². The molecule has 3 heteroatoms. The van der Waals surface area contributed by atoms with Crippen LogP contribution in [0.15, 0.2) is 60.7 Å². The molecule has 0 amide bonds. The predicted molar refractivity (Wildman–Crippen MR) is 116 cm³/mol. The molecule has 0 fully saturated rings. The molecule has 5 rings (SSSR count). The summed E-state index contributed by atoms with van der Waals surface area (Å²) < 4.78 is 0. The maximum absolute atomic E-state index is 9.72. The Morgan fingerprint density at radius 1 is 0.964 bits per heavy atom. The van der Waals surface area contributed by atoms with Crippen molar-refractivity contribution in [3.63, 3.8) is 0 Å². The highest BCUT2D eigenvalue weighted by atomic mass is 16.3. The van der Waals surface area contributed by atoms with Gasteiger partial charge in [-0.05, 0) is 71.6 Å². The van der Waals surface area contributed by atoms with Crippen molar-refractivity contribution in [2.75, 3.05) is 13.1 Å². The third-order valence-corrected chi connectivity index (χ3v) is 5.83. The summed E-state index contributed by atoms with van der Waals surface area (Å²) >= 11 is 0. The fourth-order valence-corrected chi connectivity index (χ4v) is 4.54. The molecule has 0 saturated carbocycles. The normalized spacial score (nSPS) is 14.5. The lowest BCUT2D eigenvalue weighted by Crippen LogP contribution is -2.32. The number of hydrogen-bond donors (Lipinski definition) is 1. The van der Waals surface area contributed by atoms with Gasteiger partial charge in [0.2, 0.25) is 0 Å². The van der Waals surface area contributed by atoms with E-state index in [1.165, 1.54) is 27.3 Å². The molecule has 0 saturated heterocycles. The highest BCUT2D eigenvalue weighted by molar-refractivity contribution is 6.09. The maximum Gasteiger partial charge on any atom is 0.115 e. The van der Waals surface area contributed by atoms with Crippen LogP contribution in [0.1, 0.15) is 24.5 Å². The Balaban J connectivity index is 1.81. The molecule has 1 aliphatic rings. The molecule has 0 bridgehead atoms. The molecule has 2 heterocycles. The van der Waals surface area contributed by atoms with Crippen LogP contribution in [0.2, 0.25) is 0 Å². The van der Waals surface area contributed by atoms with Crippen molar-refractivity contribution >= 4 is 21.7 Å². The Morgan fingerprint density at radius 3 is 2.61 bits per heavy atom. The molecule has 1 aliphatic heterocycles. The number of rotatable bonds is 3. The van der Waals surface area contributed by atoms with Crippen LogP contribution in [-0.2, 0) is 13.0 Å². The summed E-state index contributed by atoms with van der Waals surface area (Å²) in [5.74, 6) is 0.289. The van der Waals surface area contributed by atoms with Gasteiger partial charge in [0.25, 0.3) is 0 Å². The molecule has 0 atom stereocenters. The fourth-order valence-electron chi connectivity index (χ4n) is 4.54. The topological polar surface area (TPSA) is 36.4 Å². The minimum atomic E-state index is 0.289. The highest BCUT2D eigenvalue weighted by Crippen LogP contribution is 2.37. The van der Waals surface area contributed by atoms with Crippen molar-refractivity contribution in [2.45, 2.75) is 26.3 Å². The lowest BCUT2D eigenvalue weighted by molar-refractivity contribution is 0.255. The van der Waals surface area contributed by atoms with Crippen molar-refractivity contribution in [3.8, 4) is 17.0 Å². The Morgan fingerprint density at radius 2 is 1.79 bits per heavy atom. The van der Waals surface area contributed by atoms with E-state index in [1.54, 1.807) is 12.1 Å². The number of phenols is 1. The average Bonchev–Trinajstić information content (AvgIpc) is 2.73. The summed E-state index contributed by atoms with van der Waals surface area (Å²) in [6.45, 7) is 5.38. The molecule has 0 unspecified atom stereocenters. The molecule has 140 valence electrons. The second kappa shape index (κ2) is 6.92. The third kappa shape index (κ3) is 2.83. The zero-order valence-corrected chi connectivity index (χ0v) is 16.2. The molecule has 3 aromatic carbocycles. The van der Waals surface area contributed by atoms with E-state index in [1.807, 2.05) is 12.1 Å². The lowest BCUT2D eigenvalue weighted by Gasteiger charge is -2.31. The van der Waals surface area contributed by atoms with Crippen molar-refractivity contribution < 1.29 is 5.11 Å². The summed E-state index contributed by atoms with van der Waals surface area (Å²) in [7, 11) is 0. The number of aromatic nitrogens is 1. The number of hydrogen-bond acceptors (Lipinski definition) is 3. The molecule has 1 aromatic heterocycles. The van der Waals surface area contributed by atoms with E-state index >= 15 is 0 Å². The number of nitrogens with zero attached hydrogens (tertiary/aromatic N) is 2. The minimum absolute atomic E-state index is 0.289. The molecule has 0 aliphatic carbocycles. The standard InChI is InChI=1S/C25H24N2O/c1-2-14-27-15-13-21-22(16-27)25(18-7-10-19(28)11-8-18)26-23-12-9-17-5-3-4-6-20(17)24(21)23/h3-12,28H,2,13-16H2,1H3. The number of aromatic hydroxyl groups is 1. The van der Waals surface area contributed by atoms with E-state index in [9.17, 15) is 5.11 Å². The molecule has 4 aromatic rings. The van der Waals surface area contributed by atoms with E-state index in [4.69, 9.17) is 4.98 Å². The van der Waals surface area contributed by atoms with Gasteiger partial charge in [-0.25, -0.2) is 4.98 Å². The van der Waals surface area contributed by atoms with E-state index in [2.05, 4.69) is 48.2 Å².